The normalized spacial score (nSPS) is 17.9. The molecule has 0 aromatic heterocycles. The van der Waals surface area contributed by atoms with Gasteiger partial charge in [-0.1, -0.05) is 30.3 Å². The van der Waals surface area contributed by atoms with Gasteiger partial charge in [0.25, 0.3) is 0 Å². The number of anilines is 2. The van der Waals surface area contributed by atoms with Gasteiger partial charge in [-0.15, -0.1) is 0 Å². The number of halogens is 2. The van der Waals surface area contributed by atoms with Gasteiger partial charge in [0.05, 0.1) is 15.8 Å². The van der Waals surface area contributed by atoms with Crippen LogP contribution in [0.25, 0.3) is 0 Å². The number of benzene rings is 2. The molecule has 0 saturated carbocycles. The van der Waals surface area contributed by atoms with Gasteiger partial charge in [-0.05, 0) is 27.6 Å². The average molecular weight is 321 g/mol. The summed E-state index contributed by atoms with van der Waals surface area (Å²) in [7, 11) is 0. The van der Waals surface area contributed by atoms with Gasteiger partial charge < -0.3 is 10.6 Å². The Kier molecular flexibility index (Phi) is 3.42. The molecule has 1 aliphatic heterocycles. The average Bonchev–Trinajstić information content (AvgIpc) is 2.63. The second kappa shape index (κ2) is 5.21. The third kappa shape index (κ3) is 2.59. The topological polar surface area (TPSA) is 24.1 Å². The van der Waals surface area contributed by atoms with Crippen LogP contribution in [0.1, 0.15) is 11.5 Å². The van der Waals surface area contributed by atoms with E-state index in [9.17, 15) is 4.39 Å². The minimum absolute atomic E-state index is 0.244. The van der Waals surface area contributed by atoms with Crippen LogP contribution in [-0.4, -0.2) is 13.1 Å². The van der Waals surface area contributed by atoms with Crippen LogP contribution in [-0.2, 0) is 0 Å². The maximum absolute atomic E-state index is 13.5. The van der Waals surface area contributed by atoms with Crippen molar-refractivity contribution < 1.29 is 4.39 Å². The molecule has 0 amide bonds. The van der Waals surface area contributed by atoms with Crippen molar-refractivity contribution in [3.63, 3.8) is 0 Å². The molecule has 1 heterocycles. The van der Waals surface area contributed by atoms with Gasteiger partial charge >= 0.3 is 0 Å². The molecule has 4 heteroatoms. The van der Waals surface area contributed by atoms with E-state index in [1.807, 2.05) is 18.2 Å². The highest BCUT2D eigenvalue weighted by Gasteiger charge is 2.18. The molecule has 0 saturated heterocycles. The molecule has 2 N–H and O–H groups in total. The van der Waals surface area contributed by atoms with Crippen molar-refractivity contribution in [3.05, 3.63) is 58.3 Å². The molecule has 98 valence electrons. The van der Waals surface area contributed by atoms with Crippen LogP contribution in [0.3, 0.4) is 0 Å². The van der Waals surface area contributed by atoms with Crippen molar-refractivity contribution in [2.24, 2.45) is 0 Å². The van der Waals surface area contributed by atoms with Crippen molar-refractivity contribution in [3.8, 4) is 0 Å². The second-order valence-electron chi connectivity index (χ2n) is 4.68. The van der Waals surface area contributed by atoms with Crippen LogP contribution in [0.5, 0.6) is 0 Å². The highest BCUT2D eigenvalue weighted by Crippen LogP contribution is 2.32. The van der Waals surface area contributed by atoms with E-state index in [4.69, 9.17) is 0 Å². The molecule has 2 nitrogen and oxygen atoms in total. The summed E-state index contributed by atoms with van der Waals surface area (Å²) in [5, 5.41) is 6.70. The number of hydrogen-bond donors (Lipinski definition) is 2. The van der Waals surface area contributed by atoms with E-state index >= 15 is 0 Å². The lowest BCUT2D eigenvalue weighted by molar-refractivity contribution is 0.622. The molecule has 1 aliphatic rings. The fraction of sp³-hybridized carbons (Fsp3) is 0.200. The van der Waals surface area contributed by atoms with Gasteiger partial charge in [0.1, 0.15) is 5.82 Å². The predicted molar refractivity (Wildman–Crippen MR) is 80.3 cm³/mol. The van der Waals surface area contributed by atoms with Gasteiger partial charge in [0.2, 0.25) is 0 Å². The minimum atomic E-state index is -0.244. The fourth-order valence-corrected chi connectivity index (χ4v) is 2.68. The van der Waals surface area contributed by atoms with Crippen LogP contribution >= 0.6 is 15.9 Å². The molecule has 1 atom stereocenters. The van der Waals surface area contributed by atoms with E-state index in [0.717, 1.165) is 24.5 Å². The molecule has 0 aliphatic carbocycles. The summed E-state index contributed by atoms with van der Waals surface area (Å²) in [4.78, 5) is 0. The number of fused-ring (bicyclic) bond motifs is 1. The quantitative estimate of drug-likeness (QED) is 0.822. The molecular formula is C15H14BrFN2. The van der Waals surface area contributed by atoms with Crippen molar-refractivity contribution in [2.75, 3.05) is 23.7 Å². The van der Waals surface area contributed by atoms with E-state index in [1.54, 1.807) is 6.07 Å². The van der Waals surface area contributed by atoms with Crippen molar-refractivity contribution >= 4 is 27.3 Å². The second-order valence-corrected chi connectivity index (χ2v) is 5.54. The zero-order chi connectivity index (χ0) is 13.2. The molecule has 0 spiro atoms. The Hall–Kier alpha value is -1.55. The maximum Gasteiger partial charge on any atom is 0.139 e. The van der Waals surface area contributed by atoms with Gasteiger partial charge in [-0.25, -0.2) is 4.39 Å². The van der Waals surface area contributed by atoms with Crippen LogP contribution in [0.2, 0.25) is 0 Å². The molecule has 0 radical (unpaired) electrons. The Morgan fingerprint density at radius 1 is 1.00 bits per heavy atom. The summed E-state index contributed by atoms with van der Waals surface area (Å²) in [6, 6.07) is 13.7. The van der Waals surface area contributed by atoms with E-state index in [0.29, 0.717) is 10.4 Å². The summed E-state index contributed by atoms with van der Waals surface area (Å²) in [6.45, 7) is 1.63. The Labute approximate surface area is 120 Å². The third-order valence-corrected chi connectivity index (χ3v) is 4.02. The lowest BCUT2D eigenvalue weighted by atomic mass is 9.99. The Morgan fingerprint density at radius 3 is 2.32 bits per heavy atom. The summed E-state index contributed by atoms with van der Waals surface area (Å²) in [5.41, 5.74) is 3.04. The number of rotatable bonds is 1. The SMILES string of the molecule is Fc1cc2c(cc1Br)NCC(c1ccccc1)CN2. The van der Waals surface area contributed by atoms with Gasteiger partial charge in [-0.3, -0.25) is 0 Å². The molecule has 1 unspecified atom stereocenters. The minimum Gasteiger partial charge on any atom is -0.383 e. The first kappa shape index (κ1) is 12.5. The Balaban J connectivity index is 1.85. The van der Waals surface area contributed by atoms with Crippen molar-refractivity contribution in [1.82, 2.24) is 0 Å². The zero-order valence-corrected chi connectivity index (χ0v) is 11.9. The van der Waals surface area contributed by atoms with E-state index in [2.05, 4.69) is 38.7 Å². The predicted octanol–water partition coefficient (Wildman–Crippen LogP) is 4.21. The molecular weight excluding hydrogens is 307 g/mol. The van der Waals surface area contributed by atoms with E-state index in [-0.39, 0.29) is 5.82 Å². The smallest absolute Gasteiger partial charge is 0.139 e. The van der Waals surface area contributed by atoms with E-state index < -0.39 is 0 Å². The summed E-state index contributed by atoms with van der Waals surface area (Å²) in [5.74, 6) is 0.127. The first-order valence-corrected chi connectivity index (χ1v) is 7.05. The Bertz CT molecular complexity index is 553. The van der Waals surface area contributed by atoms with Crippen LogP contribution in [0.15, 0.2) is 46.9 Å². The fourth-order valence-electron chi connectivity index (χ4n) is 2.34. The lowest BCUT2D eigenvalue weighted by Gasteiger charge is -2.14. The Morgan fingerprint density at radius 2 is 1.63 bits per heavy atom. The van der Waals surface area contributed by atoms with Gasteiger partial charge in [-0.2, -0.15) is 0 Å². The molecule has 3 rings (SSSR count). The number of nitrogens with one attached hydrogen (secondary N) is 2. The third-order valence-electron chi connectivity index (χ3n) is 3.41. The van der Waals surface area contributed by atoms with Crippen LogP contribution in [0, 0.1) is 5.82 Å². The molecule has 2 aromatic carbocycles. The molecule has 0 fully saturated rings. The monoisotopic (exact) mass is 320 g/mol. The summed E-state index contributed by atoms with van der Waals surface area (Å²) < 4.78 is 14.0. The van der Waals surface area contributed by atoms with E-state index in [1.165, 1.54) is 11.6 Å². The van der Waals surface area contributed by atoms with Gasteiger partial charge in [0, 0.05) is 25.1 Å². The van der Waals surface area contributed by atoms with Crippen LogP contribution in [0.4, 0.5) is 15.8 Å². The molecule has 0 bridgehead atoms. The number of hydrogen-bond acceptors (Lipinski definition) is 2. The highest BCUT2D eigenvalue weighted by molar-refractivity contribution is 9.10. The lowest BCUT2D eigenvalue weighted by Crippen LogP contribution is -2.16. The van der Waals surface area contributed by atoms with Crippen molar-refractivity contribution in [1.29, 1.82) is 0 Å². The molecule has 19 heavy (non-hydrogen) atoms. The summed E-state index contributed by atoms with van der Waals surface area (Å²) in [6.07, 6.45) is 0. The molecule has 2 aromatic rings. The largest absolute Gasteiger partial charge is 0.383 e. The highest BCUT2D eigenvalue weighted by atomic mass is 79.9. The zero-order valence-electron chi connectivity index (χ0n) is 10.3. The first-order valence-electron chi connectivity index (χ1n) is 6.26. The first-order chi connectivity index (χ1) is 9.24. The van der Waals surface area contributed by atoms with Crippen LogP contribution < -0.4 is 10.6 Å². The standard InChI is InChI=1S/C15H14BrFN2/c16-12-6-14-15(7-13(12)17)19-9-11(8-18-14)10-4-2-1-3-5-10/h1-7,11,18-19H,8-9H2. The van der Waals surface area contributed by atoms with Gasteiger partial charge in [0.15, 0.2) is 0 Å². The maximum atomic E-state index is 13.5. The van der Waals surface area contributed by atoms with Crippen molar-refractivity contribution in [2.45, 2.75) is 5.92 Å². The summed E-state index contributed by atoms with van der Waals surface area (Å²) >= 11 is 3.22.